The Labute approximate surface area is 145 Å². The summed E-state index contributed by atoms with van der Waals surface area (Å²) in [5.41, 5.74) is 1.33. The molecular weight excluding hydrogens is 318 g/mol. The Bertz CT molecular complexity index is 917. The SMILES string of the molecule is Cn1nccc1C(=O)NC[C@@H](Cc1ccc2ccccc2c1)C(=O)O. The summed E-state index contributed by atoms with van der Waals surface area (Å²) in [6.07, 6.45) is 1.88. The van der Waals surface area contributed by atoms with Gasteiger partial charge in [-0.2, -0.15) is 5.10 Å². The van der Waals surface area contributed by atoms with Gasteiger partial charge in [0.1, 0.15) is 5.69 Å². The molecule has 0 saturated heterocycles. The lowest BCUT2D eigenvalue weighted by molar-refractivity contribution is -0.141. The highest BCUT2D eigenvalue weighted by Crippen LogP contribution is 2.18. The van der Waals surface area contributed by atoms with E-state index in [9.17, 15) is 14.7 Å². The van der Waals surface area contributed by atoms with Gasteiger partial charge in [0.2, 0.25) is 0 Å². The highest BCUT2D eigenvalue weighted by Gasteiger charge is 2.20. The summed E-state index contributed by atoms with van der Waals surface area (Å²) in [6.45, 7) is 0.0617. The van der Waals surface area contributed by atoms with Crippen molar-refractivity contribution >= 4 is 22.6 Å². The molecule has 1 amide bonds. The Hall–Kier alpha value is -3.15. The van der Waals surface area contributed by atoms with Crippen LogP contribution in [0.3, 0.4) is 0 Å². The Morgan fingerprint density at radius 1 is 1.16 bits per heavy atom. The Morgan fingerprint density at radius 2 is 1.92 bits per heavy atom. The van der Waals surface area contributed by atoms with Gasteiger partial charge in [0.25, 0.3) is 5.91 Å². The van der Waals surface area contributed by atoms with Crippen LogP contribution in [0.4, 0.5) is 0 Å². The van der Waals surface area contributed by atoms with Crippen molar-refractivity contribution in [2.75, 3.05) is 6.54 Å². The van der Waals surface area contributed by atoms with Gasteiger partial charge in [0, 0.05) is 19.8 Å². The second-order valence-corrected chi connectivity index (χ2v) is 5.97. The van der Waals surface area contributed by atoms with E-state index >= 15 is 0 Å². The van der Waals surface area contributed by atoms with Gasteiger partial charge in [-0.25, -0.2) is 0 Å². The lowest BCUT2D eigenvalue weighted by Gasteiger charge is -2.14. The summed E-state index contributed by atoms with van der Waals surface area (Å²) < 4.78 is 1.45. The van der Waals surface area contributed by atoms with E-state index in [1.165, 1.54) is 10.9 Å². The number of aryl methyl sites for hydroxylation is 1. The predicted octanol–water partition coefficient (Wildman–Crippen LogP) is 2.25. The summed E-state index contributed by atoms with van der Waals surface area (Å²) in [5.74, 6) is -1.96. The van der Waals surface area contributed by atoms with E-state index in [4.69, 9.17) is 0 Å². The zero-order chi connectivity index (χ0) is 17.8. The van der Waals surface area contributed by atoms with E-state index in [0.29, 0.717) is 12.1 Å². The lowest BCUT2D eigenvalue weighted by Crippen LogP contribution is -2.34. The van der Waals surface area contributed by atoms with Crippen LogP contribution in [0.2, 0.25) is 0 Å². The maximum atomic E-state index is 12.1. The van der Waals surface area contributed by atoms with Crippen LogP contribution in [-0.4, -0.2) is 33.3 Å². The molecule has 0 aliphatic rings. The third-order valence-corrected chi connectivity index (χ3v) is 4.21. The van der Waals surface area contributed by atoms with Crippen molar-refractivity contribution in [3.63, 3.8) is 0 Å². The number of fused-ring (bicyclic) bond motifs is 1. The second kappa shape index (κ2) is 7.17. The molecule has 2 N–H and O–H groups in total. The molecule has 2 aromatic carbocycles. The minimum absolute atomic E-state index is 0.0617. The summed E-state index contributed by atoms with van der Waals surface area (Å²) in [5, 5.41) is 18.3. The molecule has 0 aliphatic heterocycles. The molecule has 1 aromatic heterocycles. The van der Waals surface area contributed by atoms with Crippen LogP contribution in [0.15, 0.2) is 54.7 Å². The van der Waals surface area contributed by atoms with E-state index in [0.717, 1.165) is 16.3 Å². The zero-order valence-electron chi connectivity index (χ0n) is 13.8. The highest BCUT2D eigenvalue weighted by molar-refractivity contribution is 5.92. The van der Waals surface area contributed by atoms with Gasteiger partial charge in [-0.3, -0.25) is 14.3 Å². The number of aliphatic carboxylic acids is 1. The topological polar surface area (TPSA) is 84.2 Å². The first-order valence-electron chi connectivity index (χ1n) is 8.01. The predicted molar refractivity (Wildman–Crippen MR) is 94.3 cm³/mol. The maximum absolute atomic E-state index is 12.1. The molecular formula is C19H19N3O3. The number of rotatable bonds is 6. The number of nitrogens with one attached hydrogen (secondary N) is 1. The molecule has 3 rings (SSSR count). The molecule has 0 fully saturated rings. The Balaban J connectivity index is 1.69. The van der Waals surface area contributed by atoms with Crippen molar-refractivity contribution in [3.8, 4) is 0 Å². The quantitative estimate of drug-likeness (QED) is 0.722. The van der Waals surface area contributed by atoms with E-state index < -0.39 is 11.9 Å². The van der Waals surface area contributed by atoms with Crippen molar-refractivity contribution in [2.24, 2.45) is 13.0 Å². The summed E-state index contributed by atoms with van der Waals surface area (Å²) in [7, 11) is 1.67. The second-order valence-electron chi connectivity index (χ2n) is 5.97. The van der Waals surface area contributed by atoms with Crippen molar-refractivity contribution in [1.82, 2.24) is 15.1 Å². The van der Waals surface area contributed by atoms with Crippen molar-refractivity contribution in [2.45, 2.75) is 6.42 Å². The maximum Gasteiger partial charge on any atom is 0.308 e. The van der Waals surface area contributed by atoms with Gasteiger partial charge in [-0.15, -0.1) is 0 Å². The van der Waals surface area contributed by atoms with Crippen LogP contribution in [-0.2, 0) is 18.3 Å². The van der Waals surface area contributed by atoms with Gasteiger partial charge in [-0.1, -0.05) is 42.5 Å². The number of carboxylic acid groups (broad SMARTS) is 1. The number of carboxylic acids is 1. The number of carbonyl (C=O) groups is 2. The fourth-order valence-corrected chi connectivity index (χ4v) is 2.80. The van der Waals surface area contributed by atoms with Crippen LogP contribution in [0.25, 0.3) is 10.8 Å². The minimum atomic E-state index is -0.932. The molecule has 0 bridgehead atoms. The number of nitrogens with zero attached hydrogens (tertiary/aromatic N) is 2. The monoisotopic (exact) mass is 337 g/mol. The number of hydrogen-bond acceptors (Lipinski definition) is 3. The number of aromatic nitrogens is 2. The summed E-state index contributed by atoms with van der Waals surface area (Å²) >= 11 is 0. The van der Waals surface area contributed by atoms with Crippen LogP contribution >= 0.6 is 0 Å². The molecule has 6 nitrogen and oxygen atoms in total. The van der Waals surface area contributed by atoms with E-state index in [1.807, 2.05) is 42.5 Å². The number of hydrogen-bond donors (Lipinski definition) is 2. The standard InChI is InChI=1S/C19H19N3O3/c1-22-17(8-9-21-22)18(23)20-12-16(19(24)25)11-13-6-7-14-4-2-3-5-15(14)10-13/h2-10,16H,11-12H2,1H3,(H,20,23)(H,24,25)/t16-/m1/s1. The Morgan fingerprint density at radius 3 is 2.60 bits per heavy atom. The van der Waals surface area contributed by atoms with Crippen LogP contribution in [0.1, 0.15) is 16.1 Å². The van der Waals surface area contributed by atoms with Crippen LogP contribution in [0.5, 0.6) is 0 Å². The summed E-state index contributed by atoms with van der Waals surface area (Å²) in [4.78, 5) is 23.7. The number of benzene rings is 2. The first kappa shape index (κ1) is 16.7. The Kier molecular flexibility index (Phi) is 4.79. The van der Waals surface area contributed by atoms with Gasteiger partial charge >= 0.3 is 5.97 Å². The fraction of sp³-hybridized carbons (Fsp3) is 0.211. The van der Waals surface area contributed by atoms with Crippen LogP contribution < -0.4 is 5.32 Å². The lowest BCUT2D eigenvalue weighted by atomic mass is 9.97. The van der Waals surface area contributed by atoms with Gasteiger partial charge < -0.3 is 10.4 Å². The third kappa shape index (κ3) is 3.85. The number of amides is 1. The smallest absolute Gasteiger partial charge is 0.308 e. The van der Waals surface area contributed by atoms with Gasteiger partial charge in [0.15, 0.2) is 0 Å². The zero-order valence-corrected chi connectivity index (χ0v) is 13.8. The van der Waals surface area contributed by atoms with E-state index in [2.05, 4.69) is 10.4 Å². The molecule has 0 spiro atoms. The fourth-order valence-electron chi connectivity index (χ4n) is 2.80. The van der Waals surface area contributed by atoms with Gasteiger partial charge in [0.05, 0.1) is 5.92 Å². The summed E-state index contributed by atoms with van der Waals surface area (Å²) in [6, 6.07) is 15.4. The molecule has 0 saturated carbocycles. The molecule has 1 atom stereocenters. The third-order valence-electron chi connectivity index (χ3n) is 4.21. The molecule has 3 aromatic rings. The molecule has 25 heavy (non-hydrogen) atoms. The van der Waals surface area contributed by atoms with Crippen molar-refractivity contribution < 1.29 is 14.7 Å². The molecule has 0 unspecified atom stereocenters. The van der Waals surface area contributed by atoms with Crippen LogP contribution in [0, 0.1) is 5.92 Å². The average molecular weight is 337 g/mol. The van der Waals surface area contributed by atoms with Crippen molar-refractivity contribution in [3.05, 3.63) is 66.0 Å². The largest absolute Gasteiger partial charge is 0.481 e. The van der Waals surface area contributed by atoms with Crippen molar-refractivity contribution in [1.29, 1.82) is 0 Å². The van der Waals surface area contributed by atoms with E-state index in [1.54, 1.807) is 13.1 Å². The number of carbonyl (C=O) groups excluding carboxylic acids is 1. The molecule has 0 radical (unpaired) electrons. The average Bonchev–Trinajstić information content (AvgIpc) is 3.04. The molecule has 1 heterocycles. The molecule has 128 valence electrons. The first-order chi connectivity index (χ1) is 12.0. The minimum Gasteiger partial charge on any atom is -0.481 e. The highest BCUT2D eigenvalue weighted by atomic mass is 16.4. The molecule has 6 heteroatoms. The normalized spacial score (nSPS) is 12.0. The van der Waals surface area contributed by atoms with Gasteiger partial charge in [-0.05, 0) is 28.8 Å². The molecule has 0 aliphatic carbocycles. The first-order valence-corrected chi connectivity index (χ1v) is 8.01. The van der Waals surface area contributed by atoms with E-state index in [-0.39, 0.29) is 12.5 Å².